The Morgan fingerprint density at radius 3 is 2.79 bits per heavy atom. The van der Waals surface area contributed by atoms with Crippen molar-refractivity contribution in [1.29, 1.82) is 0 Å². The van der Waals surface area contributed by atoms with Crippen LogP contribution in [0.15, 0.2) is 48.5 Å². The molecular weight excluding hydrogens is 239 g/mol. The van der Waals surface area contributed by atoms with Gasteiger partial charge in [-0.05, 0) is 36.2 Å². The average molecular weight is 256 g/mol. The van der Waals surface area contributed by atoms with Gasteiger partial charge in [0.25, 0.3) is 0 Å². The largest absolute Gasteiger partial charge is 0.383 e. The molecule has 0 radical (unpaired) electrons. The van der Waals surface area contributed by atoms with Gasteiger partial charge in [-0.25, -0.2) is 4.39 Å². The molecule has 2 nitrogen and oxygen atoms in total. The third-order valence-corrected chi connectivity index (χ3v) is 3.52. The third-order valence-electron chi connectivity index (χ3n) is 3.52. The van der Waals surface area contributed by atoms with Gasteiger partial charge in [-0.3, -0.25) is 0 Å². The summed E-state index contributed by atoms with van der Waals surface area (Å²) in [5.41, 5.74) is 3.43. The molecule has 0 fully saturated rings. The molecular formula is C16H17FN2. The summed E-state index contributed by atoms with van der Waals surface area (Å²) in [5.74, 6) is -0.151. The topological polar surface area (TPSA) is 15.3 Å². The van der Waals surface area contributed by atoms with Gasteiger partial charge >= 0.3 is 0 Å². The molecule has 0 bridgehead atoms. The highest BCUT2D eigenvalue weighted by Gasteiger charge is 2.18. The lowest BCUT2D eigenvalue weighted by molar-refractivity contribution is 0.627. The van der Waals surface area contributed by atoms with Crippen molar-refractivity contribution in [2.24, 2.45) is 0 Å². The van der Waals surface area contributed by atoms with E-state index in [1.54, 1.807) is 12.1 Å². The van der Waals surface area contributed by atoms with E-state index in [0.717, 1.165) is 37.4 Å². The summed E-state index contributed by atoms with van der Waals surface area (Å²) in [6.07, 6.45) is 1.01. The normalized spacial score (nSPS) is 13.4. The van der Waals surface area contributed by atoms with Crippen molar-refractivity contribution in [1.82, 2.24) is 0 Å². The molecule has 1 N–H and O–H groups in total. The van der Waals surface area contributed by atoms with Crippen LogP contribution in [0.2, 0.25) is 0 Å². The Kier molecular flexibility index (Phi) is 3.36. The second kappa shape index (κ2) is 5.31. The summed E-state index contributed by atoms with van der Waals surface area (Å²) in [6, 6.07) is 15.2. The van der Waals surface area contributed by atoms with E-state index >= 15 is 0 Å². The highest BCUT2D eigenvalue weighted by atomic mass is 19.1. The number of anilines is 2. The summed E-state index contributed by atoms with van der Waals surface area (Å²) in [6.45, 7) is 2.74. The Morgan fingerprint density at radius 1 is 1.11 bits per heavy atom. The first-order valence-electron chi connectivity index (χ1n) is 6.65. The van der Waals surface area contributed by atoms with Crippen LogP contribution >= 0.6 is 0 Å². The van der Waals surface area contributed by atoms with E-state index in [0.29, 0.717) is 0 Å². The predicted octanol–water partition coefficient (Wildman–Crippen LogP) is 3.30. The molecule has 98 valence electrons. The molecule has 2 aromatic rings. The van der Waals surface area contributed by atoms with Crippen LogP contribution in [0.5, 0.6) is 0 Å². The van der Waals surface area contributed by atoms with Crippen LogP contribution in [-0.2, 0) is 6.42 Å². The quantitative estimate of drug-likeness (QED) is 0.903. The van der Waals surface area contributed by atoms with Gasteiger partial charge in [-0.15, -0.1) is 0 Å². The Bertz CT molecular complexity index is 554. The highest BCUT2D eigenvalue weighted by Crippen LogP contribution is 2.28. The van der Waals surface area contributed by atoms with Crippen LogP contribution in [-0.4, -0.2) is 19.6 Å². The van der Waals surface area contributed by atoms with E-state index in [4.69, 9.17) is 0 Å². The van der Waals surface area contributed by atoms with Crippen molar-refractivity contribution in [3.63, 3.8) is 0 Å². The predicted molar refractivity (Wildman–Crippen MR) is 77.2 cm³/mol. The van der Waals surface area contributed by atoms with Crippen LogP contribution in [0.4, 0.5) is 15.8 Å². The van der Waals surface area contributed by atoms with Crippen LogP contribution in [0, 0.1) is 5.82 Å². The molecule has 1 aliphatic heterocycles. The number of rotatable bonds is 4. The van der Waals surface area contributed by atoms with Crippen molar-refractivity contribution >= 4 is 11.4 Å². The molecule has 0 spiro atoms. The molecule has 0 saturated heterocycles. The highest BCUT2D eigenvalue weighted by molar-refractivity contribution is 5.58. The number of hydrogen-bond donors (Lipinski definition) is 1. The number of benzene rings is 2. The first-order valence-corrected chi connectivity index (χ1v) is 6.65. The van der Waals surface area contributed by atoms with E-state index in [1.807, 2.05) is 24.3 Å². The zero-order chi connectivity index (χ0) is 13.1. The maximum absolute atomic E-state index is 13.3. The van der Waals surface area contributed by atoms with Gasteiger partial charge in [-0.2, -0.15) is 0 Å². The zero-order valence-corrected chi connectivity index (χ0v) is 10.8. The molecule has 2 aromatic carbocycles. The van der Waals surface area contributed by atoms with Gasteiger partial charge in [0.15, 0.2) is 0 Å². The smallest absolute Gasteiger partial charge is 0.125 e. The van der Waals surface area contributed by atoms with Crippen LogP contribution in [0.3, 0.4) is 0 Å². The molecule has 19 heavy (non-hydrogen) atoms. The van der Waals surface area contributed by atoms with Crippen molar-refractivity contribution in [3.8, 4) is 0 Å². The fourth-order valence-electron chi connectivity index (χ4n) is 2.54. The summed E-state index contributed by atoms with van der Waals surface area (Å²) >= 11 is 0. The van der Waals surface area contributed by atoms with Gasteiger partial charge in [0, 0.05) is 31.0 Å². The standard InChI is InChI=1S/C16H17FN2/c17-14-7-6-13-8-10-19(16(13)12-14)11-9-18-15-4-2-1-3-5-15/h1-7,12,18H,8-11H2. The van der Waals surface area contributed by atoms with Crippen molar-refractivity contribution in [3.05, 3.63) is 59.9 Å². The van der Waals surface area contributed by atoms with Crippen molar-refractivity contribution in [2.75, 3.05) is 29.9 Å². The van der Waals surface area contributed by atoms with E-state index < -0.39 is 0 Å². The van der Waals surface area contributed by atoms with Crippen molar-refractivity contribution in [2.45, 2.75) is 6.42 Å². The summed E-state index contributed by atoms with van der Waals surface area (Å²) in [5, 5.41) is 3.38. The van der Waals surface area contributed by atoms with Crippen LogP contribution < -0.4 is 10.2 Å². The Hall–Kier alpha value is -2.03. The van der Waals surface area contributed by atoms with Gasteiger partial charge in [-0.1, -0.05) is 24.3 Å². The fourth-order valence-corrected chi connectivity index (χ4v) is 2.54. The first-order chi connectivity index (χ1) is 9.33. The van der Waals surface area contributed by atoms with Crippen LogP contribution in [0.25, 0.3) is 0 Å². The number of hydrogen-bond acceptors (Lipinski definition) is 2. The Morgan fingerprint density at radius 2 is 1.95 bits per heavy atom. The van der Waals surface area contributed by atoms with E-state index in [2.05, 4.69) is 22.3 Å². The Balaban J connectivity index is 1.59. The minimum Gasteiger partial charge on any atom is -0.383 e. The SMILES string of the molecule is Fc1ccc2c(c1)N(CCNc1ccccc1)CC2. The molecule has 3 rings (SSSR count). The fraction of sp³-hybridized carbons (Fsp3) is 0.250. The minimum absolute atomic E-state index is 0.151. The van der Waals surface area contributed by atoms with Crippen LogP contribution in [0.1, 0.15) is 5.56 Å². The number of fused-ring (bicyclic) bond motifs is 1. The van der Waals surface area contributed by atoms with E-state index in [9.17, 15) is 4.39 Å². The van der Waals surface area contributed by atoms with E-state index in [1.165, 1.54) is 5.56 Å². The Labute approximate surface area is 112 Å². The lowest BCUT2D eigenvalue weighted by Crippen LogP contribution is -2.27. The molecule has 0 aliphatic carbocycles. The summed E-state index contributed by atoms with van der Waals surface area (Å²) in [7, 11) is 0. The average Bonchev–Trinajstić information content (AvgIpc) is 2.83. The molecule has 0 aromatic heterocycles. The number of nitrogens with one attached hydrogen (secondary N) is 1. The number of nitrogens with zero attached hydrogens (tertiary/aromatic N) is 1. The zero-order valence-electron chi connectivity index (χ0n) is 10.8. The molecule has 1 aliphatic rings. The molecule has 0 atom stereocenters. The maximum atomic E-state index is 13.3. The summed E-state index contributed by atoms with van der Waals surface area (Å²) < 4.78 is 13.3. The molecule has 0 unspecified atom stereocenters. The first kappa shape index (κ1) is 12.0. The lowest BCUT2D eigenvalue weighted by atomic mass is 10.2. The summed E-state index contributed by atoms with van der Waals surface area (Å²) in [4.78, 5) is 2.24. The monoisotopic (exact) mass is 256 g/mol. The molecule has 1 heterocycles. The third kappa shape index (κ3) is 2.70. The molecule has 3 heteroatoms. The van der Waals surface area contributed by atoms with Crippen molar-refractivity contribution < 1.29 is 4.39 Å². The number of halogens is 1. The second-order valence-electron chi connectivity index (χ2n) is 4.80. The maximum Gasteiger partial charge on any atom is 0.125 e. The number of para-hydroxylation sites is 1. The second-order valence-corrected chi connectivity index (χ2v) is 4.80. The van der Waals surface area contributed by atoms with Gasteiger partial charge in [0.05, 0.1) is 0 Å². The molecule has 0 amide bonds. The van der Waals surface area contributed by atoms with Gasteiger partial charge < -0.3 is 10.2 Å². The van der Waals surface area contributed by atoms with Gasteiger partial charge in [0.1, 0.15) is 5.82 Å². The lowest BCUT2D eigenvalue weighted by Gasteiger charge is -2.20. The molecule has 0 saturated carbocycles. The van der Waals surface area contributed by atoms with E-state index in [-0.39, 0.29) is 5.82 Å². The minimum atomic E-state index is -0.151. The van der Waals surface area contributed by atoms with Gasteiger partial charge in [0.2, 0.25) is 0 Å².